The first kappa shape index (κ1) is 19.5. The van der Waals surface area contributed by atoms with Gasteiger partial charge in [0.2, 0.25) is 5.91 Å². The third kappa shape index (κ3) is 5.57. The Labute approximate surface area is 153 Å². The molecule has 25 heavy (non-hydrogen) atoms. The molecule has 0 fully saturated rings. The van der Waals surface area contributed by atoms with Crippen LogP contribution in [0.3, 0.4) is 0 Å². The standard InChI is InChI=1S/C18H23NO4S2/c1-13(20)19-12-11-16-9-10-17(24-16)25(21,22)23-15-7-5-14(6-8-15)18(2,3)4/h5-10H,11-12H2,1-4H3,(H,19,20). The van der Waals surface area contributed by atoms with Crippen LogP contribution < -0.4 is 9.50 Å². The number of hydrogen-bond acceptors (Lipinski definition) is 5. The van der Waals surface area contributed by atoms with E-state index in [1.165, 1.54) is 13.0 Å². The molecule has 0 aliphatic rings. The smallest absolute Gasteiger partial charge is 0.348 e. The first-order valence-corrected chi connectivity index (χ1v) is 10.2. The molecule has 0 saturated heterocycles. The molecule has 1 amide bonds. The highest BCUT2D eigenvalue weighted by molar-refractivity contribution is 7.89. The van der Waals surface area contributed by atoms with Crippen molar-refractivity contribution in [1.82, 2.24) is 5.32 Å². The predicted molar refractivity (Wildman–Crippen MR) is 99.7 cm³/mol. The molecule has 1 heterocycles. The molecule has 7 heteroatoms. The molecule has 0 saturated carbocycles. The lowest BCUT2D eigenvalue weighted by molar-refractivity contribution is -0.118. The van der Waals surface area contributed by atoms with Crippen molar-refractivity contribution in [1.29, 1.82) is 0 Å². The zero-order chi connectivity index (χ0) is 18.7. The Morgan fingerprint density at radius 3 is 2.32 bits per heavy atom. The second-order valence-corrected chi connectivity index (χ2v) is 9.71. The van der Waals surface area contributed by atoms with E-state index in [9.17, 15) is 13.2 Å². The first-order valence-electron chi connectivity index (χ1n) is 7.96. The van der Waals surface area contributed by atoms with Crippen LogP contribution in [0.1, 0.15) is 38.1 Å². The normalized spacial score (nSPS) is 12.0. The maximum absolute atomic E-state index is 12.4. The molecule has 1 aromatic carbocycles. The van der Waals surface area contributed by atoms with Gasteiger partial charge in [0.1, 0.15) is 5.75 Å². The summed E-state index contributed by atoms with van der Waals surface area (Å²) in [5.74, 6) is 0.188. The maximum Gasteiger partial charge on any atom is 0.348 e. The minimum absolute atomic E-state index is 0.00599. The molecule has 0 bridgehead atoms. The van der Waals surface area contributed by atoms with Crippen molar-refractivity contribution in [2.75, 3.05) is 6.54 Å². The van der Waals surface area contributed by atoms with Gasteiger partial charge in [-0.1, -0.05) is 32.9 Å². The second kappa shape index (κ2) is 7.58. The summed E-state index contributed by atoms with van der Waals surface area (Å²) >= 11 is 1.15. The lowest BCUT2D eigenvalue weighted by Gasteiger charge is -2.19. The molecule has 0 radical (unpaired) electrons. The summed E-state index contributed by atoms with van der Waals surface area (Å²) in [6.07, 6.45) is 0.583. The topological polar surface area (TPSA) is 72.5 Å². The number of nitrogens with one attached hydrogen (secondary N) is 1. The molecular weight excluding hydrogens is 358 g/mol. The third-order valence-electron chi connectivity index (χ3n) is 3.56. The molecule has 2 rings (SSSR count). The largest absolute Gasteiger partial charge is 0.378 e. The highest BCUT2D eigenvalue weighted by atomic mass is 32.3. The minimum Gasteiger partial charge on any atom is -0.378 e. The predicted octanol–water partition coefficient (Wildman–Crippen LogP) is 3.49. The average Bonchev–Trinajstić information content (AvgIpc) is 2.96. The van der Waals surface area contributed by atoms with Crippen LogP contribution in [0, 0.1) is 0 Å². The van der Waals surface area contributed by atoms with E-state index in [-0.39, 0.29) is 15.5 Å². The van der Waals surface area contributed by atoms with Crippen LogP contribution in [0.15, 0.2) is 40.6 Å². The lowest BCUT2D eigenvalue weighted by Crippen LogP contribution is -2.22. The SMILES string of the molecule is CC(=O)NCCc1ccc(S(=O)(=O)Oc2ccc(C(C)(C)C)cc2)s1. The van der Waals surface area contributed by atoms with Crippen LogP contribution in [-0.2, 0) is 26.7 Å². The van der Waals surface area contributed by atoms with Crippen LogP contribution in [-0.4, -0.2) is 20.9 Å². The maximum atomic E-state index is 12.4. The number of thiophene rings is 1. The van der Waals surface area contributed by atoms with E-state index < -0.39 is 10.1 Å². The molecule has 0 unspecified atom stereocenters. The third-order valence-corrected chi connectivity index (χ3v) is 6.40. The molecule has 0 atom stereocenters. The molecule has 0 aliphatic carbocycles. The number of benzene rings is 1. The van der Waals surface area contributed by atoms with Crippen molar-refractivity contribution in [2.24, 2.45) is 0 Å². The number of carbonyl (C=O) groups excluding carboxylic acids is 1. The van der Waals surface area contributed by atoms with Crippen LogP contribution in [0.5, 0.6) is 5.75 Å². The van der Waals surface area contributed by atoms with Gasteiger partial charge < -0.3 is 9.50 Å². The Kier molecular flexibility index (Phi) is 5.90. The lowest BCUT2D eigenvalue weighted by atomic mass is 9.87. The van der Waals surface area contributed by atoms with Gasteiger partial charge in [-0.05, 0) is 41.7 Å². The fourth-order valence-corrected chi connectivity index (χ4v) is 4.41. The summed E-state index contributed by atoms with van der Waals surface area (Å²) in [6.45, 7) is 8.20. The Morgan fingerprint density at radius 2 is 1.76 bits per heavy atom. The van der Waals surface area contributed by atoms with Crippen molar-refractivity contribution in [2.45, 2.75) is 43.7 Å². The van der Waals surface area contributed by atoms with Gasteiger partial charge >= 0.3 is 10.1 Å². The summed E-state index contributed by atoms with van der Waals surface area (Å²) in [6, 6.07) is 10.4. The summed E-state index contributed by atoms with van der Waals surface area (Å²) in [7, 11) is -3.85. The number of rotatable bonds is 6. The quantitative estimate of drug-likeness (QED) is 0.778. The Bertz CT molecular complexity index is 831. The molecule has 136 valence electrons. The molecule has 1 aromatic heterocycles. The molecule has 0 aliphatic heterocycles. The van der Waals surface area contributed by atoms with E-state index in [2.05, 4.69) is 26.1 Å². The van der Waals surface area contributed by atoms with E-state index in [1.807, 2.05) is 12.1 Å². The van der Waals surface area contributed by atoms with Gasteiger partial charge in [0.25, 0.3) is 0 Å². The molecule has 0 spiro atoms. The van der Waals surface area contributed by atoms with Gasteiger partial charge in [-0.15, -0.1) is 11.3 Å². The molecular formula is C18H23NO4S2. The highest BCUT2D eigenvalue weighted by Crippen LogP contribution is 2.28. The van der Waals surface area contributed by atoms with Gasteiger partial charge in [0.15, 0.2) is 4.21 Å². The van der Waals surface area contributed by atoms with E-state index >= 15 is 0 Å². The van der Waals surface area contributed by atoms with Gasteiger partial charge in [-0.25, -0.2) is 0 Å². The van der Waals surface area contributed by atoms with Crippen molar-refractivity contribution >= 4 is 27.4 Å². The summed E-state index contributed by atoms with van der Waals surface area (Å²) in [4.78, 5) is 11.7. The van der Waals surface area contributed by atoms with Crippen LogP contribution in [0.2, 0.25) is 0 Å². The molecule has 1 N–H and O–H groups in total. The van der Waals surface area contributed by atoms with Gasteiger partial charge in [0, 0.05) is 18.3 Å². The van der Waals surface area contributed by atoms with Crippen LogP contribution >= 0.6 is 11.3 Å². The van der Waals surface area contributed by atoms with Gasteiger partial charge in [0.05, 0.1) is 0 Å². The Balaban J connectivity index is 2.06. The van der Waals surface area contributed by atoms with E-state index in [0.29, 0.717) is 18.7 Å². The van der Waals surface area contributed by atoms with Crippen LogP contribution in [0.4, 0.5) is 0 Å². The average molecular weight is 382 g/mol. The zero-order valence-corrected chi connectivity index (χ0v) is 16.5. The summed E-state index contributed by atoms with van der Waals surface area (Å²) in [5.41, 5.74) is 1.10. The fraction of sp³-hybridized carbons (Fsp3) is 0.389. The second-order valence-electron chi connectivity index (χ2n) is 6.77. The molecule has 5 nitrogen and oxygen atoms in total. The number of carbonyl (C=O) groups is 1. The number of amides is 1. The minimum atomic E-state index is -3.85. The van der Waals surface area contributed by atoms with E-state index in [1.54, 1.807) is 18.2 Å². The first-order chi connectivity index (χ1) is 11.6. The van der Waals surface area contributed by atoms with Gasteiger partial charge in [-0.3, -0.25) is 4.79 Å². The Morgan fingerprint density at radius 1 is 1.12 bits per heavy atom. The van der Waals surface area contributed by atoms with Crippen molar-refractivity contribution in [3.63, 3.8) is 0 Å². The van der Waals surface area contributed by atoms with Crippen molar-refractivity contribution in [3.8, 4) is 5.75 Å². The van der Waals surface area contributed by atoms with Crippen molar-refractivity contribution < 1.29 is 17.4 Å². The van der Waals surface area contributed by atoms with Gasteiger partial charge in [-0.2, -0.15) is 8.42 Å². The summed E-state index contributed by atoms with van der Waals surface area (Å²) in [5, 5.41) is 2.69. The van der Waals surface area contributed by atoms with Crippen molar-refractivity contribution in [3.05, 3.63) is 46.8 Å². The summed E-state index contributed by atoms with van der Waals surface area (Å²) < 4.78 is 30.2. The Hall–Kier alpha value is -1.86. The van der Waals surface area contributed by atoms with E-state index in [4.69, 9.17) is 4.18 Å². The number of hydrogen-bond donors (Lipinski definition) is 1. The monoisotopic (exact) mass is 381 g/mol. The molecule has 2 aromatic rings. The zero-order valence-electron chi connectivity index (χ0n) is 14.8. The van der Waals surface area contributed by atoms with E-state index in [0.717, 1.165) is 21.8 Å². The van der Waals surface area contributed by atoms with Crippen LogP contribution in [0.25, 0.3) is 0 Å². The highest BCUT2D eigenvalue weighted by Gasteiger charge is 2.20. The fourth-order valence-electron chi connectivity index (χ4n) is 2.17.